The van der Waals surface area contributed by atoms with Crippen LogP contribution >= 0.6 is 0 Å². The number of esters is 1. The number of hydrogen-bond donors (Lipinski definition) is 1. The van der Waals surface area contributed by atoms with Crippen molar-refractivity contribution in [2.45, 2.75) is 32.4 Å². The minimum atomic E-state index is -0.548. The van der Waals surface area contributed by atoms with Gasteiger partial charge in [0.1, 0.15) is 12.4 Å². The number of nitrogens with one attached hydrogen (secondary N) is 1. The van der Waals surface area contributed by atoms with E-state index < -0.39 is 6.09 Å². The van der Waals surface area contributed by atoms with Crippen LogP contribution in [0.5, 0.6) is 5.75 Å². The zero-order valence-electron chi connectivity index (χ0n) is 16.8. The third kappa shape index (κ3) is 8.51. The van der Waals surface area contributed by atoms with Crippen LogP contribution in [-0.4, -0.2) is 31.8 Å². The molecule has 0 unspecified atom stereocenters. The molecule has 2 aromatic carbocycles. The predicted molar refractivity (Wildman–Crippen MR) is 111 cm³/mol. The molecule has 0 saturated carbocycles. The van der Waals surface area contributed by atoms with Crippen molar-refractivity contribution in [1.82, 2.24) is 5.32 Å². The first-order valence-electron chi connectivity index (χ1n) is 9.55. The normalized spacial score (nSPS) is 11.7. The fraction of sp³-hybridized carbons (Fsp3) is 0.304. The highest BCUT2D eigenvalue weighted by molar-refractivity contribution is 5.70. The van der Waals surface area contributed by atoms with Crippen molar-refractivity contribution >= 4 is 18.1 Å². The minimum absolute atomic E-state index is 0.207. The zero-order valence-corrected chi connectivity index (χ0v) is 16.8. The molecule has 0 saturated heterocycles. The Bertz CT molecular complexity index is 787. The van der Waals surface area contributed by atoms with Crippen LogP contribution in [0, 0.1) is 0 Å². The van der Waals surface area contributed by atoms with E-state index >= 15 is 0 Å². The second-order valence-electron chi connectivity index (χ2n) is 6.29. The average molecular weight is 397 g/mol. The molecule has 154 valence electrons. The lowest BCUT2D eigenvalue weighted by Crippen LogP contribution is -2.33. The molecule has 0 radical (unpaired) electrons. The van der Waals surface area contributed by atoms with Crippen molar-refractivity contribution in [3.8, 4) is 5.75 Å². The molecule has 0 bridgehead atoms. The first-order chi connectivity index (χ1) is 14.1. The highest BCUT2D eigenvalue weighted by atomic mass is 16.5. The molecule has 0 aromatic heterocycles. The summed E-state index contributed by atoms with van der Waals surface area (Å²) in [6, 6.07) is 17.3. The summed E-state index contributed by atoms with van der Waals surface area (Å²) in [7, 11) is 1.30. The summed E-state index contributed by atoms with van der Waals surface area (Å²) in [6.07, 6.45) is 3.79. The van der Waals surface area contributed by atoms with Crippen LogP contribution in [-0.2, 0) is 20.9 Å². The Morgan fingerprint density at radius 3 is 2.45 bits per heavy atom. The second-order valence-corrected chi connectivity index (χ2v) is 6.29. The van der Waals surface area contributed by atoms with Gasteiger partial charge in [0.2, 0.25) is 0 Å². The number of hydrogen-bond acceptors (Lipinski definition) is 5. The van der Waals surface area contributed by atoms with Crippen LogP contribution in [0.15, 0.2) is 60.7 Å². The summed E-state index contributed by atoms with van der Waals surface area (Å²) in [5, 5.41) is 2.70. The number of methoxy groups -OCH3 is 1. The number of carbonyl (C=O) groups is 2. The smallest absolute Gasteiger partial charge is 0.407 e. The molecule has 6 heteroatoms. The van der Waals surface area contributed by atoms with E-state index in [1.54, 1.807) is 6.92 Å². The van der Waals surface area contributed by atoms with Crippen molar-refractivity contribution in [3.63, 3.8) is 0 Å². The molecule has 1 amide bonds. The van der Waals surface area contributed by atoms with Crippen LogP contribution in [0.3, 0.4) is 0 Å². The molecule has 29 heavy (non-hydrogen) atoms. The summed E-state index contributed by atoms with van der Waals surface area (Å²) < 4.78 is 15.4. The molecule has 0 spiro atoms. The van der Waals surface area contributed by atoms with Gasteiger partial charge < -0.3 is 19.5 Å². The molecular formula is C23H27NO5. The third-order valence-electron chi connectivity index (χ3n) is 4.10. The molecule has 0 fully saturated rings. The molecule has 1 N–H and O–H groups in total. The van der Waals surface area contributed by atoms with E-state index in [4.69, 9.17) is 9.47 Å². The summed E-state index contributed by atoms with van der Waals surface area (Å²) in [6.45, 7) is 2.60. The first-order valence-corrected chi connectivity index (χ1v) is 9.55. The zero-order chi connectivity index (χ0) is 20.9. The topological polar surface area (TPSA) is 73.9 Å². The number of carbonyl (C=O) groups excluding carboxylic acids is 2. The maximum atomic E-state index is 11.6. The number of rotatable bonds is 10. The summed E-state index contributed by atoms with van der Waals surface area (Å²) >= 11 is 0. The second kappa shape index (κ2) is 12.2. The van der Waals surface area contributed by atoms with Gasteiger partial charge in [0.25, 0.3) is 0 Å². The maximum absolute atomic E-state index is 11.6. The lowest BCUT2D eigenvalue weighted by Gasteiger charge is -2.14. The first kappa shape index (κ1) is 22.0. The van der Waals surface area contributed by atoms with Gasteiger partial charge in [-0.25, -0.2) is 4.79 Å². The van der Waals surface area contributed by atoms with Crippen molar-refractivity contribution in [1.29, 1.82) is 0 Å². The lowest BCUT2D eigenvalue weighted by atomic mass is 10.1. The molecule has 0 aliphatic heterocycles. The Hall–Kier alpha value is -3.28. The molecule has 1 atom stereocenters. The predicted octanol–water partition coefficient (Wildman–Crippen LogP) is 4.35. The largest absolute Gasteiger partial charge is 0.489 e. The van der Waals surface area contributed by atoms with E-state index in [1.165, 1.54) is 7.11 Å². The monoisotopic (exact) mass is 397 g/mol. The van der Waals surface area contributed by atoms with E-state index in [0.717, 1.165) is 16.9 Å². The minimum Gasteiger partial charge on any atom is -0.489 e. The highest BCUT2D eigenvalue weighted by Crippen LogP contribution is 2.16. The lowest BCUT2D eigenvalue weighted by molar-refractivity contribution is -0.143. The Morgan fingerprint density at radius 1 is 1.07 bits per heavy atom. The van der Waals surface area contributed by atoms with Gasteiger partial charge in [0.15, 0.2) is 0 Å². The average Bonchev–Trinajstić information content (AvgIpc) is 2.75. The van der Waals surface area contributed by atoms with Gasteiger partial charge in [-0.3, -0.25) is 4.79 Å². The molecule has 6 nitrogen and oxygen atoms in total. The molecule has 2 aromatic rings. The standard InChI is InChI=1S/C23H27NO5/c1-3-28-22(25)16-13-20(24-23(26)27-2)12-9-18-10-14-21(15-11-18)29-17-19-7-5-4-6-8-19/h4-12,14-15,20H,3,13,16-17H2,1-2H3,(H,24,26)/t20-/m0/s1. The Kier molecular flexibility index (Phi) is 9.29. The summed E-state index contributed by atoms with van der Waals surface area (Å²) in [4.78, 5) is 23.1. The number of benzene rings is 2. The van der Waals surface area contributed by atoms with Gasteiger partial charge in [-0.05, 0) is 36.6 Å². The number of alkyl carbamates (subject to hydrolysis) is 1. The van der Waals surface area contributed by atoms with E-state index in [2.05, 4.69) is 10.1 Å². The Labute approximate surface area is 171 Å². The number of amides is 1. The summed E-state index contributed by atoms with van der Waals surface area (Å²) in [5.74, 6) is 0.482. The van der Waals surface area contributed by atoms with E-state index in [-0.39, 0.29) is 18.4 Å². The van der Waals surface area contributed by atoms with E-state index in [1.807, 2.05) is 66.7 Å². The van der Waals surface area contributed by atoms with Crippen LogP contribution in [0.25, 0.3) is 6.08 Å². The van der Waals surface area contributed by atoms with Crippen molar-refractivity contribution < 1.29 is 23.8 Å². The highest BCUT2D eigenvalue weighted by Gasteiger charge is 2.12. The fourth-order valence-electron chi connectivity index (χ4n) is 2.58. The van der Waals surface area contributed by atoms with E-state index in [9.17, 15) is 9.59 Å². The quantitative estimate of drug-likeness (QED) is 0.604. The van der Waals surface area contributed by atoms with Crippen molar-refractivity contribution in [3.05, 3.63) is 71.8 Å². The van der Waals surface area contributed by atoms with Crippen molar-refractivity contribution in [2.24, 2.45) is 0 Å². The van der Waals surface area contributed by atoms with Gasteiger partial charge in [0.05, 0.1) is 19.8 Å². The third-order valence-corrected chi connectivity index (χ3v) is 4.10. The van der Waals surface area contributed by atoms with E-state index in [0.29, 0.717) is 19.6 Å². The maximum Gasteiger partial charge on any atom is 0.407 e. The van der Waals surface area contributed by atoms with Gasteiger partial charge in [-0.15, -0.1) is 0 Å². The van der Waals surface area contributed by atoms with Crippen LogP contribution in [0.2, 0.25) is 0 Å². The van der Waals surface area contributed by atoms with Crippen LogP contribution < -0.4 is 10.1 Å². The fourth-order valence-corrected chi connectivity index (χ4v) is 2.58. The van der Waals surface area contributed by atoms with Crippen molar-refractivity contribution in [2.75, 3.05) is 13.7 Å². The van der Waals surface area contributed by atoms with Crippen LogP contribution in [0.4, 0.5) is 4.79 Å². The SMILES string of the molecule is CCOC(=O)CC[C@H](C=Cc1ccc(OCc2ccccc2)cc1)NC(=O)OC. The molecule has 0 heterocycles. The molecule has 0 aliphatic carbocycles. The summed E-state index contributed by atoms with van der Waals surface area (Å²) in [5.41, 5.74) is 2.06. The molecular weight excluding hydrogens is 370 g/mol. The Balaban J connectivity index is 1.92. The Morgan fingerprint density at radius 2 is 1.79 bits per heavy atom. The number of ether oxygens (including phenoxy) is 3. The van der Waals surface area contributed by atoms with Gasteiger partial charge in [-0.2, -0.15) is 0 Å². The van der Waals surface area contributed by atoms with Gasteiger partial charge >= 0.3 is 12.1 Å². The van der Waals surface area contributed by atoms with Gasteiger partial charge in [-0.1, -0.05) is 54.6 Å². The molecule has 2 rings (SSSR count). The van der Waals surface area contributed by atoms with Gasteiger partial charge in [0, 0.05) is 6.42 Å². The molecule has 0 aliphatic rings. The van der Waals surface area contributed by atoms with Crippen LogP contribution in [0.1, 0.15) is 30.9 Å².